The van der Waals surface area contributed by atoms with E-state index in [-0.39, 0.29) is 18.6 Å². The first kappa shape index (κ1) is 14.7. The van der Waals surface area contributed by atoms with Crippen LogP contribution < -0.4 is 24.3 Å². The number of benzene rings is 2. The number of ether oxygens (including phenoxy) is 4. The molecule has 2 heterocycles. The van der Waals surface area contributed by atoms with Gasteiger partial charge in [0.05, 0.1) is 20.3 Å². The van der Waals surface area contributed by atoms with Crippen molar-refractivity contribution in [3.05, 3.63) is 41.5 Å². The number of nitrogens with one attached hydrogen (secondary N) is 1. The third-order valence-corrected chi connectivity index (χ3v) is 4.35. The molecule has 24 heavy (non-hydrogen) atoms. The van der Waals surface area contributed by atoms with Gasteiger partial charge in [0.1, 0.15) is 11.5 Å². The van der Waals surface area contributed by atoms with Crippen molar-refractivity contribution in [1.29, 1.82) is 0 Å². The van der Waals surface area contributed by atoms with Gasteiger partial charge in [-0.05, 0) is 18.2 Å². The van der Waals surface area contributed by atoms with Crippen molar-refractivity contribution in [2.75, 3.05) is 26.3 Å². The predicted octanol–water partition coefficient (Wildman–Crippen LogP) is 3.17. The second kappa shape index (κ2) is 5.63. The van der Waals surface area contributed by atoms with Crippen molar-refractivity contribution < 1.29 is 23.7 Å². The Morgan fingerprint density at radius 1 is 1.08 bits per heavy atom. The molecule has 2 aromatic carbocycles. The average Bonchev–Trinajstić information content (AvgIpc) is 3.06. The zero-order chi connectivity index (χ0) is 16.7. The molecule has 0 aromatic heterocycles. The first-order chi connectivity index (χ1) is 11.7. The number of carbonyl (C=O) groups excluding carboxylic acids is 1. The fourth-order valence-electron chi connectivity index (χ4n) is 3.12. The first-order valence-corrected chi connectivity index (χ1v) is 7.65. The number of anilines is 1. The number of carbonyl (C=O) groups is 1. The van der Waals surface area contributed by atoms with Crippen LogP contribution in [0.3, 0.4) is 0 Å². The fourth-order valence-corrected chi connectivity index (χ4v) is 3.12. The zero-order valence-electron chi connectivity index (χ0n) is 13.4. The standard InChI is InChI=1S/C18H17NO5/c1-21-10-3-4-11(16(5-10)22-2)13-7-15(20)12-6-17-18(24-9-23-17)8-14(12)19-13/h3-6,8,13,19H,7,9H2,1-2H3. The average molecular weight is 327 g/mol. The molecule has 0 radical (unpaired) electrons. The molecular formula is C18H17NO5. The van der Waals surface area contributed by atoms with E-state index in [0.717, 1.165) is 11.3 Å². The summed E-state index contributed by atoms with van der Waals surface area (Å²) >= 11 is 0. The van der Waals surface area contributed by atoms with Crippen molar-refractivity contribution in [3.63, 3.8) is 0 Å². The van der Waals surface area contributed by atoms with Crippen LogP contribution in [-0.2, 0) is 0 Å². The van der Waals surface area contributed by atoms with Crippen LogP contribution in [0.25, 0.3) is 0 Å². The summed E-state index contributed by atoms with van der Waals surface area (Å²) in [4.78, 5) is 12.6. The van der Waals surface area contributed by atoms with E-state index in [2.05, 4.69) is 5.32 Å². The van der Waals surface area contributed by atoms with Gasteiger partial charge in [0, 0.05) is 35.4 Å². The number of Topliss-reactive ketones (excluding diaryl/α,β-unsaturated/α-hetero) is 1. The van der Waals surface area contributed by atoms with Gasteiger partial charge in [-0.15, -0.1) is 0 Å². The molecule has 0 fully saturated rings. The molecule has 0 saturated carbocycles. The lowest BCUT2D eigenvalue weighted by molar-refractivity contribution is 0.0971. The number of hydrogen-bond acceptors (Lipinski definition) is 6. The highest BCUT2D eigenvalue weighted by molar-refractivity contribution is 6.04. The minimum atomic E-state index is -0.175. The summed E-state index contributed by atoms with van der Waals surface area (Å²) in [5, 5.41) is 3.41. The number of ketones is 1. The van der Waals surface area contributed by atoms with Crippen LogP contribution in [0.15, 0.2) is 30.3 Å². The quantitative estimate of drug-likeness (QED) is 0.934. The summed E-state index contributed by atoms with van der Waals surface area (Å²) in [7, 11) is 3.21. The summed E-state index contributed by atoms with van der Waals surface area (Å²) < 4.78 is 21.4. The van der Waals surface area contributed by atoms with Crippen LogP contribution >= 0.6 is 0 Å². The van der Waals surface area contributed by atoms with E-state index in [1.807, 2.05) is 24.3 Å². The maximum atomic E-state index is 12.6. The highest BCUT2D eigenvalue weighted by atomic mass is 16.7. The number of methoxy groups -OCH3 is 2. The number of rotatable bonds is 3. The van der Waals surface area contributed by atoms with E-state index in [1.165, 1.54) is 0 Å². The van der Waals surface area contributed by atoms with E-state index in [4.69, 9.17) is 18.9 Å². The fraction of sp³-hybridized carbons (Fsp3) is 0.278. The van der Waals surface area contributed by atoms with Crippen molar-refractivity contribution in [2.45, 2.75) is 12.5 Å². The Balaban J connectivity index is 1.71. The predicted molar refractivity (Wildman–Crippen MR) is 87.4 cm³/mol. The van der Waals surface area contributed by atoms with E-state index >= 15 is 0 Å². The van der Waals surface area contributed by atoms with Gasteiger partial charge in [-0.3, -0.25) is 4.79 Å². The smallest absolute Gasteiger partial charge is 0.231 e. The van der Waals surface area contributed by atoms with Crippen LogP contribution in [0.1, 0.15) is 28.4 Å². The molecule has 124 valence electrons. The first-order valence-electron chi connectivity index (χ1n) is 7.65. The van der Waals surface area contributed by atoms with E-state index in [9.17, 15) is 4.79 Å². The Labute approximate surface area is 139 Å². The van der Waals surface area contributed by atoms with Crippen molar-refractivity contribution >= 4 is 11.5 Å². The molecule has 1 atom stereocenters. The Hall–Kier alpha value is -2.89. The molecule has 0 spiro atoms. The lowest BCUT2D eigenvalue weighted by atomic mass is 9.91. The van der Waals surface area contributed by atoms with E-state index in [0.29, 0.717) is 35.0 Å². The maximum absolute atomic E-state index is 12.6. The molecule has 4 rings (SSSR count). The van der Waals surface area contributed by atoms with Gasteiger partial charge in [-0.1, -0.05) is 0 Å². The van der Waals surface area contributed by atoms with Crippen LogP contribution in [0.5, 0.6) is 23.0 Å². The molecular weight excluding hydrogens is 310 g/mol. The van der Waals surface area contributed by atoms with Crippen molar-refractivity contribution in [1.82, 2.24) is 0 Å². The molecule has 1 unspecified atom stereocenters. The monoisotopic (exact) mass is 327 g/mol. The van der Waals surface area contributed by atoms with E-state index in [1.54, 1.807) is 20.3 Å². The third kappa shape index (κ3) is 2.31. The number of hydrogen-bond donors (Lipinski definition) is 1. The highest BCUT2D eigenvalue weighted by Crippen LogP contribution is 2.43. The molecule has 6 nitrogen and oxygen atoms in total. The second-order valence-corrected chi connectivity index (χ2v) is 5.68. The topological polar surface area (TPSA) is 66.0 Å². The molecule has 0 amide bonds. The Bertz CT molecular complexity index is 817. The minimum absolute atomic E-state index is 0.0601. The summed E-state index contributed by atoms with van der Waals surface area (Å²) in [6.45, 7) is 0.183. The van der Waals surface area contributed by atoms with Gasteiger partial charge in [0.25, 0.3) is 0 Å². The maximum Gasteiger partial charge on any atom is 0.231 e. The summed E-state index contributed by atoms with van der Waals surface area (Å²) in [6.07, 6.45) is 0.343. The minimum Gasteiger partial charge on any atom is -0.497 e. The lowest BCUT2D eigenvalue weighted by Crippen LogP contribution is -2.23. The van der Waals surface area contributed by atoms with Gasteiger partial charge in [0.15, 0.2) is 17.3 Å². The van der Waals surface area contributed by atoms with Crippen molar-refractivity contribution in [2.24, 2.45) is 0 Å². The largest absolute Gasteiger partial charge is 0.497 e. The second-order valence-electron chi connectivity index (χ2n) is 5.68. The summed E-state index contributed by atoms with van der Waals surface area (Å²) in [6, 6.07) is 8.98. The van der Waals surface area contributed by atoms with Crippen LogP contribution in [0.2, 0.25) is 0 Å². The van der Waals surface area contributed by atoms with Crippen LogP contribution in [0.4, 0.5) is 5.69 Å². The van der Waals surface area contributed by atoms with Crippen LogP contribution in [0, 0.1) is 0 Å². The van der Waals surface area contributed by atoms with Gasteiger partial charge in [-0.25, -0.2) is 0 Å². The van der Waals surface area contributed by atoms with E-state index < -0.39 is 0 Å². The lowest BCUT2D eigenvalue weighted by Gasteiger charge is -2.28. The third-order valence-electron chi connectivity index (χ3n) is 4.35. The SMILES string of the molecule is COc1ccc(C2CC(=O)c3cc4c(cc3N2)OCO4)c(OC)c1. The molecule has 2 aromatic rings. The van der Waals surface area contributed by atoms with Gasteiger partial charge in [0.2, 0.25) is 6.79 Å². The molecule has 0 aliphatic carbocycles. The summed E-state index contributed by atoms with van der Waals surface area (Å²) in [5.74, 6) is 2.72. The van der Waals surface area contributed by atoms with Gasteiger partial charge >= 0.3 is 0 Å². The normalized spacial score (nSPS) is 17.9. The van der Waals surface area contributed by atoms with Gasteiger partial charge < -0.3 is 24.3 Å². The zero-order valence-corrected chi connectivity index (χ0v) is 13.4. The molecule has 2 aliphatic rings. The Morgan fingerprint density at radius 2 is 1.88 bits per heavy atom. The Kier molecular flexibility index (Phi) is 3.45. The van der Waals surface area contributed by atoms with Crippen molar-refractivity contribution in [3.8, 4) is 23.0 Å². The van der Waals surface area contributed by atoms with Gasteiger partial charge in [-0.2, -0.15) is 0 Å². The molecule has 2 aliphatic heterocycles. The molecule has 0 bridgehead atoms. The number of fused-ring (bicyclic) bond motifs is 2. The molecule has 0 saturated heterocycles. The van der Waals surface area contributed by atoms with Crippen LogP contribution in [-0.4, -0.2) is 26.8 Å². The molecule has 1 N–H and O–H groups in total. The summed E-state index contributed by atoms with van der Waals surface area (Å²) in [5.41, 5.74) is 2.29. The Morgan fingerprint density at radius 3 is 2.62 bits per heavy atom. The molecule has 6 heteroatoms. The highest BCUT2D eigenvalue weighted by Gasteiger charge is 2.30.